The molecule has 0 aliphatic rings. The minimum Gasteiger partial charge on any atom is -0.326 e. The van der Waals surface area contributed by atoms with E-state index in [0.717, 1.165) is 28.2 Å². The van der Waals surface area contributed by atoms with Gasteiger partial charge in [-0.2, -0.15) is 5.10 Å². The van der Waals surface area contributed by atoms with Gasteiger partial charge in [0.15, 0.2) is 0 Å². The molecule has 1 aromatic heterocycles. The minimum absolute atomic E-state index is 0.310. The maximum atomic E-state index is 12.8. The number of nitrogens with zero attached hydrogens (tertiary/aromatic N) is 3. The second-order valence-electron chi connectivity index (χ2n) is 6.99. The van der Waals surface area contributed by atoms with Crippen LogP contribution in [0.4, 0.5) is 5.69 Å². The van der Waals surface area contributed by atoms with Crippen molar-refractivity contribution in [1.82, 2.24) is 15.1 Å². The van der Waals surface area contributed by atoms with E-state index in [9.17, 15) is 4.79 Å². The molecule has 3 rings (SSSR count). The average Bonchev–Trinajstić information content (AvgIpc) is 2.93. The zero-order valence-corrected chi connectivity index (χ0v) is 18.8. The second kappa shape index (κ2) is 9.32. The van der Waals surface area contributed by atoms with E-state index in [2.05, 4.69) is 20.7 Å². The van der Waals surface area contributed by atoms with Gasteiger partial charge in [-0.25, -0.2) is 4.99 Å². The Hall–Kier alpha value is -2.83. The molecule has 0 radical (unpaired) electrons. The lowest BCUT2D eigenvalue weighted by Crippen LogP contribution is -2.36. The van der Waals surface area contributed by atoms with Gasteiger partial charge in [-0.3, -0.25) is 14.8 Å². The van der Waals surface area contributed by atoms with Crippen LogP contribution in [0, 0.1) is 20.8 Å². The number of rotatable bonds is 4. The monoisotopic (exact) mass is 443 g/mol. The summed E-state index contributed by atoms with van der Waals surface area (Å²) in [4.78, 5) is 17.4. The molecule has 0 saturated carbocycles. The Morgan fingerprint density at radius 3 is 2.47 bits per heavy atom. The molecular formula is C22H23Cl2N5O. The highest BCUT2D eigenvalue weighted by Crippen LogP contribution is 2.20. The maximum absolute atomic E-state index is 12.8. The molecule has 30 heavy (non-hydrogen) atoms. The number of aliphatic imine (C=N–C) groups is 1. The highest BCUT2D eigenvalue weighted by atomic mass is 35.5. The number of amides is 1. The van der Waals surface area contributed by atoms with Gasteiger partial charge in [-0.15, -0.1) is 0 Å². The molecule has 1 heterocycles. The van der Waals surface area contributed by atoms with Crippen LogP contribution in [0.2, 0.25) is 10.0 Å². The fourth-order valence-electron chi connectivity index (χ4n) is 3.02. The summed E-state index contributed by atoms with van der Waals surface area (Å²) in [5.41, 5.74) is 5.12. The van der Waals surface area contributed by atoms with Crippen LogP contribution >= 0.6 is 23.2 Å². The Kier molecular flexibility index (Phi) is 6.80. The fraction of sp³-hybridized carbons (Fsp3) is 0.227. The summed E-state index contributed by atoms with van der Waals surface area (Å²) in [5.74, 6) is 0.0167. The first-order valence-electron chi connectivity index (χ1n) is 9.38. The largest absolute Gasteiger partial charge is 0.326 e. The SMILES string of the molecule is Cc1cc(Cl)ccc1NC(=NCc1c(C)nn(C)c1C)NC(=O)c1cccc(Cl)c1. The molecule has 0 unspecified atom stereocenters. The summed E-state index contributed by atoms with van der Waals surface area (Å²) in [7, 11) is 1.90. The number of anilines is 1. The van der Waals surface area contributed by atoms with Gasteiger partial charge in [0.25, 0.3) is 5.91 Å². The molecule has 0 spiro atoms. The van der Waals surface area contributed by atoms with Crippen LogP contribution in [0.3, 0.4) is 0 Å². The molecule has 6 nitrogen and oxygen atoms in total. The Bertz CT molecular complexity index is 1120. The van der Waals surface area contributed by atoms with Gasteiger partial charge in [0.1, 0.15) is 0 Å². The van der Waals surface area contributed by atoms with E-state index in [-0.39, 0.29) is 5.91 Å². The van der Waals surface area contributed by atoms with E-state index in [1.54, 1.807) is 30.3 Å². The number of hydrogen-bond acceptors (Lipinski definition) is 3. The summed E-state index contributed by atoms with van der Waals surface area (Å²) >= 11 is 12.1. The molecule has 0 atom stereocenters. The third-order valence-electron chi connectivity index (χ3n) is 4.81. The average molecular weight is 444 g/mol. The molecule has 156 valence electrons. The van der Waals surface area contributed by atoms with E-state index in [1.807, 2.05) is 44.6 Å². The van der Waals surface area contributed by atoms with Crippen LogP contribution in [0.15, 0.2) is 47.5 Å². The second-order valence-corrected chi connectivity index (χ2v) is 7.86. The molecule has 3 aromatic rings. The van der Waals surface area contributed by atoms with Crippen molar-refractivity contribution in [2.24, 2.45) is 12.0 Å². The van der Waals surface area contributed by atoms with Gasteiger partial charge in [0.05, 0.1) is 12.2 Å². The van der Waals surface area contributed by atoms with E-state index in [4.69, 9.17) is 23.2 Å². The fourth-order valence-corrected chi connectivity index (χ4v) is 3.44. The number of halogens is 2. The van der Waals surface area contributed by atoms with Crippen LogP contribution < -0.4 is 10.6 Å². The van der Waals surface area contributed by atoms with E-state index in [1.165, 1.54) is 0 Å². The van der Waals surface area contributed by atoms with E-state index >= 15 is 0 Å². The first kappa shape index (κ1) is 21.9. The number of guanidine groups is 1. The standard InChI is InChI=1S/C22H23Cl2N5O/c1-13-10-18(24)8-9-20(13)26-22(25-12-19-14(2)28-29(4)15(19)3)27-21(30)16-6-5-7-17(23)11-16/h5-11H,12H2,1-4H3,(H2,25,26,27,30). The van der Waals surface area contributed by atoms with Crippen molar-refractivity contribution in [3.63, 3.8) is 0 Å². The van der Waals surface area contributed by atoms with Crippen LogP contribution in [0.25, 0.3) is 0 Å². The zero-order valence-electron chi connectivity index (χ0n) is 17.3. The highest BCUT2D eigenvalue weighted by Gasteiger charge is 2.13. The van der Waals surface area contributed by atoms with Gasteiger partial charge < -0.3 is 5.32 Å². The molecule has 0 fully saturated rings. The van der Waals surface area contributed by atoms with Crippen LogP contribution in [0.5, 0.6) is 0 Å². The number of aryl methyl sites for hydroxylation is 3. The van der Waals surface area contributed by atoms with Gasteiger partial charge >= 0.3 is 0 Å². The molecule has 2 N–H and O–H groups in total. The lowest BCUT2D eigenvalue weighted by atomic mass is 10.2. The zero-order chi connectivity index (χ0) is 21.8. The predicted octanol–water partition coefficient (Wildman–Crippen LogP) is 5.05. The highest BCUT2D eigenvalue weighted by molar-refractivity contribution is 6.31. The van der Waals surface area contributed by atoms with Gasteiger partial charge in [0, 0.05) is 39.6 Å². The normalized spacial score (nSPS) is 11.5. The van der Waals surface area contributed by atoms with Gasteiger partial charge in [-0.1, -0.05) is 29.3 Å². The quantitative estimate of drug-likeness (QED) is 0.437. The van der Waals surface area contributed by atoms with Gasteiger partial charge in [-0.05, 0) is 62.7 Å². The molecule has 0 bridgehead atoms. The third-order valence-corrected chi connectivity index (χ3v) is 5.28. The molecule has 0 saturated heterocycles. The molecular weight excluding hydrogens is 421 g/mol. The Labute approximate surface area is 185 Å². The van der Waals surface area contributed by atoms with Crippen molar-refractivity contribution < 1.29 is 4.79 Å². The van der Waals surface area contributed by atoms with Crippen molar-refractivity contribution in [2.45, 2.75) is 27.3 Å². The van der Waals surface area contributed by atoms with Crippen molar-refractivity contribution >= 4 is 40.8 Å². The Balaban J connectivity index is 1.90. The number of aromatic nitrogens is 2. The van der Waals surface area contributed by atoms with Crippen LogP contribution in [-0.2, 0) is 13.6 Å². The number of nitrogens with one attached hydrogen (secondary N) is 2. The number of carbonyl (C=O) groups is 1. The Morgan fingerprint density at radius 2 is 1.83 bits per heavy atom. The van der Waals surface area contributed by atoms with Crippen molar-refractivity contribution in [3.05, 3.63) is 80.6 Å². The summed E-state index contributed by atoms with van der Waals surface area (Å²) in [6.45, 7) is 6.24. The smallest absolute Gasteiger partial charge is 0.258 e. The molecule has 0 aliphatic carbocycles. The topological polar surface area (TPSA) is 71.3 Å². The molecule has 0 aliphatic heterocycles. The molecule has 1 amide bonds. The number of benzene rings is 2. The third kappa shape index (κ3) is 5.20. The first-order valence-corrected chi connectivity index (χ1v) is 10.1. The van der Waals surface area contributed by atoms with Crippen LogP contribution in [0.1, 0.15) is 32.9 Å². The summed E-state index contributed by atoms with van der Waals surface area (Å²) in [5, 5.41) is 11.6. The van der Waals surface area contributed by atoms with Crippen molar-refractivity contribution in [2.75, 3.05) is 5.32 Å². The van der Waals surface area contributed by atoms with Gasteiger partial charge in [0.2, 0.25) is 5.96 Å². The predicted molar refractivity (Wildman–Crippen MR) is 123 cm³/mol. The number of carbonyl (C=O) groups excluding carboxylic acids is 1. The summed E-state index contributed by atoms with van der Waals surface area (Å²) in [6.07, 6.45) is 0. The summed E-state index contributed by atoms with van der Waals surface area (Å²) < 4.78 is 1.82. The maximum Gasteiger partial charge on any atom is 0.258 e. The van der Waals surface area contributed by atoms with Crippen LogP contribution in [-0.4, -0.2) is 21.6 Å². The number of hydrogen-bond donors (Lipinski definition) is 2. The van der Waals surface area contributed by atoms with Crippen molar-refractivity contribution in [1.29, 1.82) is 0 Å². The lowest BCUT2D eigenvalue weighted by Gasteiger charge is -2.14. The summed E-state index contributed by atoms with van der Waals surface area (Å²) in [6, 6.07) is 12.2. The van der Waals surface area contributed by atoms with E-state index < -0.39 is 0 Å². The van der Waals surface area contributed by atoms with E-state index in [0.29, 0.717) is 28.1 Å². The Morgan fingerprint density at radius 1 is 1.10 bits per heavy atom. The lowest BCUT2D eigenvalue weighted by molar-refractivity contribution is 0.0977. The van der Waals surface area contributed by atoms with Crippen molar-refractivity contribution in [3.8, 4) is 0 Å². The minimum atomic E-state index is -0.310. The first-order chi connectivity index (χ1) is 14.2. The molecule has 8 heteroatoms. The molecule has 2 aromatic carbocycles.